The van der Waals surface area contributed by atoms with Gasteiger partial charge in [0.2, 0.25) is 5.88 Å². The van der Waals surface area contributed by atoms with Gasteiger partial charge in [-0.3, -0.25) is 0 Å². The van der Waals surface area contributed by atoms with Crippen LogP contribution in [-0.4, -0.2) is 23.0 Å². The highest BCUT2D eigenvalue weighted by atomic mass is 32.1. The Morgan fingerprint density at radius 3 is 2.61 bits per heavy atom. The molecule has 0 radical (unpaired) electrons. The fraction of sp³-hybridized carbons (Fsp3) is 0.235. The van der Waals surface area contributed by atoms with Crippen LogP contribution in [-0.2, 0) is 11.3 Å². The smallest absolute Gasteiger partial charge is 0.337 e. The summed E-state index contributed by atoms with van der Waals surface area (Å²) in [6.07, 6.45) is 1.52. The second kappa shape index (κ2) is 6.34. The Hall–Kier alpha value is -2.47. The van der Waals surface area contributed by atoms with Crippen LogP contribution in [0.5, 0.6) is 5.88 Å². The minimum atomic E-state index is -0.348. The summed E-state index contributed by atoms with van der Waals surface area (Å²) < 4.78 is 10.5. The lowest BCUT2D eigenvalue weighted by Gasteiger charge is -2.07. The van der Waals surface area contributed by atoms with Crippen molar-refractivity contribution in [1.29, 1.82) is 0 Å². The minimum Gasteiger partial charge on any atom is -0.472 e. The minimum absolute atomic E-state index is 0.348. The van der Waals surface area contributed by atoms with Gasteiger partial charge in [-0.15, -0.1) is 11.3 Å². The summed E-state index contributed by atoms with van der Waals surface area (Å²) in [7, 11) is 1.37. The molecule has 1 aromatic carbocycles. The molecule has 3 rings (SSSR count). The van der Waals surface area contributed by atoms with Crippen molar-refractivity contribution in [1.82, 2.24) is 9.97 Å². The Balaban J connectivity index is 1.80. The summed E-state index contributed by atoms with van der Waals surface area (Å²) in [6.45, 7) is 4.49. The number of hydrogen-bond donors (Lipinski definition) is 0. The van der Waals surface area contributed by atoms with E-state index in [-0.39, 0.29) is 5.97 Å². The van der Waals surface area contributed by atoms with Gasteiger partial charge in [0.05, 0.1) is 18.1 Å². The maximum atomic E-state index is 11.4. The molecule has 3 aromatic rings. The van der Waals surface area contributed by atoms with Crippen molar-refractivity contribution in [3.05, 3.63) is 52.2 Å². The highest BCUT2D eigenvalue weighted by Crippen LogP contribution is 2.33. The second-order valence-corrected chi connectivity index (χ2v) is 6.32. The molecular weight excluding hydrogens is 312 g/mol. The average molecular weight is 328 g/mol. The number of ether oxygens (including phenoxy) is 2. The second-order valence-electron chi connectivity index (χ2n) is 5.12. The molecule has 0 unspecified atom stereocenters. The lowest BCUT2D eigenvalue weighted by atomic mass is 10.1. The molecule has 0 aliphatic heterocycles. The third-order valence-corrected chi connectivity index (χ3v) is 4.80. The van der Waals surface area contributed by atoms with Gasteiger partial charge in [0.25, 0.3) is 0 Å². The van der Waals surface area contributed by atoms with Crippen molar-refractivity contribution in [2.24, 2.45) is 0 Å². The number of esters is 1. The van der Waals surface area contributed by atoms with Gasteiger partial charge in [-0.2, -0.15) is 0 Å². The largest absolute Gasteiger partial charge is 0.472 e. The molecule has 0 saturated carbocycles. The highest BCUT2D eigenvalue weighted by molar-refractivity contribution is 7.18. The third kappa shape index (κ3) is 3.03. The first-order chi connectivity index (χ1) is 11.1. The van der Waals surface area contributed by atoms with Gasteiger partial charge in [-0.05, 0) is 37.1 Å². The molecule has 5 nitrogen and oxygen atoms in total. The van der Waals surface area contributed by atoms with Gasteiger partial charge in [-0.25, -0.2) is 14.8 Å². The van der Waals surface area contributed by atoms with E-state index >= 15 is 0 Å². The van der Waals surface area contributed by atoms with Crippen LogP contribution in [0.15, 0.2) is 30.6 Å². The van der Waals surface area contributed by atoms with Crippen LogP contribution in [0.4, 0.5) is 0 Å². The van der Waals surface area contributed by atoms with Crippen LogP contribution >= 0.6 is 11.3 Å². The van der Waals surface area contributed by atoms with Crippen LogP contribution in [0, 0.1) is 13.8 Å². The van der Waals surface area contributed by atoms with E-state index in [1.165, 1.54) is 18.3 Å². The number of thiophene rings is 1. The maximum absolute atomic E-state index is 11.4. The number of aryl methyl sites for hydroxylation is 2. The van der Waals surface area contributed by atoms with Crippen molar-refractivity contribution < 1.29 is 14.3 Å². The maximum Gasteiger partial charge on any atom is 0.337 e. The molecule has 0 aliphatic carbocycles. The Morgan fingerprint density at radius 2 is 1.91 bits per heavy atom. The molecule has 0 N–H and O–H groups in total. The molecule has 0 amide bonds. The first-order valence-electron chi connectivity index (χ1n) is 7.11. The number of fused-ring (bicyclic) bond motifs is 1. The summed E-state index contributed by atoms with van der Waals surface area (Å²) in [5, 5.41) is 0.973. The van der Waals surface area contributed by atoms with E-state index < -0.39 is 0 Å². The molecule has 6 heteroatoms. The first-order valence-corrected chi connectivity index (χ1v) is 7.92. The van der Waals surface area contributed by atoms with Gasteiger partial charge in [0, 0.05) is 4.88 Å². The zero-order valence-corrected chi connectivity index (χ0v) is 13.9. The predicted octanol–water partition coefficient (Wildman–Crippen LogP) is 3.67. The molecule has 0 bridgehead atoms. The molecule has 0 aliphatic rings. The van der Waals surface area contributed by atoms with Gasteiger partial charge < -0.3 is 9.47 Å². The van der Waals surface area contributed by atoms with E-state index in [2.05, 4.69) is 28.6 Å². The number of carbonyl (C=O) groups is 1. The molecule has 0 spiro atoms. The van der Waals surface area contributed by atoms with Crippen molar-refractivity contribution in [2.75, 3.05) is 7.11 Å². The van der Waals surface area contributed by atoms with E-state index in [9.17, 15) is 4.79 Å². The fourth-order valence-corrected chi connectivity index (χ4v) is 3.25. The quantitative estimate of drug-likeness (QED) is 0.684. The van der Waals surface area contributed by atoms with Gasteiger partial charge in [0.15, 0.2) is 0 Å². The van der Waals surface area contributed by atoms with Crippen molar-refractivity contribution in [3.8, 4) is 5.88 Å². The molecule has 0 saturated heterocycles. The van der Waals surface area contributed by atoms with Crippen LogP contribution in [0.3, 0.4) is 0 Å². The van der Waals surface area contributed by atoms with E-state index in [1.807, 2.05) is 12.1 Å². The Labute approximate surface area is 137 Å². The molecule has 23 heavy (non-hydrogen) atoms. The van der Waals surface area contributed by atoms with Crippen molar-refractivity contribution in [3.63, 3.8) is 0 Å². The monoisotopic (exact) mass is 328 g/mol. The van der Waals surface area contributed by atoms with Crippen LogP contribution in [0.1, 0.15) is 26.4 Å². The third-order valence-electron chi connectivity index (χ3n) is 3.68. The first kappa shape index (κ1) is 15.4. The number of benzene rings is 1. The van der Waals surface area contributed by atoms with Crippen LogP contribution < -0.4 is 4.74 Å². The van der Waals surface area contributed by atoms with Gasteiger partial charge in [-0.1, -0.05) is 12.1 Å². The topological polar surface area (TPSA) is 61.3 Å². The zero-order valence-electron chi connectivity index (χ0n) is 13.1. The molecular formula is C17H16N2O3S. The Morgan fingerprint density at radius 1 is 1.17 bits per heavy atom. The van der Waals surface area contributed by atoms with Gasteiger partial charge in [0.1, 0.15) is 17.8 Å². The number of hydrogen-bond acceptors (Lipinski definition) is 6. The van der Waals surface area contributed by atoms with Gasteiger partial charge >= 0.3 is 5.97 Å². The molecule has 118 valence electrons. The molecule has 0 fully saturated rings. The van der Waals surface area contributed by atoms with E-state index in [1.54, 1.807) is 23.5 Å². The molecule has 2 heterocycles. The lowest BCUT2D eigenvalue weighted by molar-refractivity contribution is 0.0600. The zero-order chi connectivity index (χ0) is 16.4. The number of carbonyl (C=O) groups excluding carboxylic acids is 1. The number of nitrogens with zero attached hydrogens (tertiary/aromatic N) is 2. The summed E-state index contributed by atoms with van der Waals surface area (Å²) >= 11 is 1.64. The summed E-state index contributed by atoms with van der Waals surface area (Å²) in [5.74, 6) is 0.244. The summed E-state index contributed by atoms with van der Waals surface area (Å²) in [5.41, 5.74) is 2.63. The predicted molar refractivity (Wildman–Crippen MR) is 89.0 cm³/mol. The van der Waals surface area contributed by atoms with E-state index in [0.29, 0.717) is 18.1 Å². The standard InChI is InChI=1S/C17H16N2O3S/c1-10-11(2)23-16-14(10)15(18-9-19-16)22-8-12-4-6-13(7-5-12)17(20)21-3/h4-7,9H,8H2,1-3H3. The molecule has 2 aromatic heterocycles. The van der Waals surface area contributed by atoms with Crippen molar-refractivity contribution in [2.45, 2.75) is 20.5 Å². The Kier molecular flexibility index (Phi) is 4.25. The van der Waals surface area contributed by atoms with E-state index in [4.69, 9.17) is 4.74 Å². The van der Waals surface area contributed by atoms with Crippen LogP contribution in [0.2, 0.25) is 0 Å². The summed E-state index contributed by atoms with van der Waals surface area (Å²) in [4.78, 5) is 22.1. The normalized spacial score (nSPS) is 10.7. The van der Waals surface area contributed by atoms with Crippen molar-refractivity contribution >= 4 is 27.5 Å². The number of rotatable bonds is 4. The SMILES string of the molecule is COC(=O)c1ccc(COc2ncnc3sc(C)c(C)c23)cc1. The average Bonchev–Trinajstić information content (AvgIpc) is 2.88. The number of aromatic nitrogens is 2. The summed E-state index contributed by atoms with van der Waals surface area (Å²) in [6, 6.07) is 7.13. The number of methoxy groups -OCH3 is 1. The highest BCUT2D eigenvalue weighted by Gasteiger charge is 2.13. The fourth-order valence-electron chi connectivity index (χ4n) is 2.27. The Bertz CT molecular complexity index is 856. The molecule has 0 atom stereocenters. The lowest BCUT2D eigenvalue weighted by Crippen LogP contribution is -2.02. The van der Waals surface area contributed by atoms with E-state index in [0.717, 1.165) is 21.3 Å². The van der Waals surface area contributed by atoms with Crippen LogP contribution in [0.25, 0.3) is 10.2 Å².